The summed E-state index contributed by atoms with van der Waals surface area (Å²) in [6.45, 7) is 4.60. The van der Waals surface area contributed by atoms with Crippen LogP contribution < -0.4 is 10.6 Å². The summed E-state index contributed by atoms with van der Waals surface area (Å²) in [6, 6.07) is 7.85. The van der Waals surface area contributed by atoms with Crippen LogP contribution in [0.25, 0.3) is 0 Å². The van der Waals surface area contributed by atoms with Crippen molar-refractivity contribution in [1.82, 2.24) is 5.32 Å². The van der Waals surface area contributed by atoms with Gasteiger partial charge in [0.2, 0.25) is 5.91 Å². The molecule has 0 aliphatic heterocycles. The van der Waals surface area contributed by atoms with E-state index in [0.29, 0.717) is 6.54 Å². The van der Waals surface area contributed by atoms with E-state index in [-0.39, 0.29) is 11.4 Å². The second-order valence-electron chi connectivity index (χ2n) is 5.48. The van der Waals surface area contributed by atoms with Crippen LogP contribution in [0.4, 0.5) is 5.69 Å². The minimum absolute atomic E-state index is 0.0393. The smallest absolute Gasteiger partial charge is 0.238 e. The van der Waals surface area contributed by atoms with Gasteiger partial charge in [0.05, 0.1) is 6.54 Å². The fraction of sp³-hybridized carbons (Fsp3) is 0.533. The largest absolute Gasteiger partial charge is 0.325 e. The van der Waals surface area contributed by atoms with Crippen molar-refractivity contribution >= 4 is 11.6 Å². The molecule has 1 aliphatic rings. The summed E-state index contributed by atoms with van der Waals surface area (Å²) in [5, 5.41) is 6.34. The van der Waals surface area contributed by atoms with Crippen molar-refractivity contribution in [2.24, 2.45) is 0 Å². The lowest BCUT2D eigenvalue weighted by molar-refractivity contribution is -0.115. The van der Waals surface area contributed by atoms with Crippen molar-refractivity contribution in [3.8, 4) is 0 Å². The Morgan fingerprint density at radius 2 is 1.94 bits per heavy atom. The Morgan fingerprint density at radius 3 is 2.61 bits per heavy atom. The number of para-hydroxylation sites is 1. The van der Waals surface area contributed by atoms with Crippen molar-refractivity contribution in [2.75, 3.05) is 11.9 Å². The van der Waals surface area contributed by atoms with Crippen molar-refractivity contribution in [1.29, 1.82) is 0 Å². The molecular weight excluding hydrogens is 224 g/mol. The molecule has 0 aromatic heterocycles. The highest BCUT2D eigenvalue weighted by Gasteiger charge is 2.28. The van der Waals surface area contributed by atoms with Gasteiger partial charge in [0.1, 0.15) is 0 Å². The van der Waals surface area contributed by atoms with Gasteiger partial charge in [-0.1, -0.05) is 31.0 Å². The third-order valence-corrected chi connectivity index (χ3v) is 3.80. The monoisotopic (exact) mass is 246 g/mol. The van der Waals surface area contributed by atoms with E-state index >= 15 is 0 Å². The summed E-state index contributed by atoms with van der Waals surface area (Å²) in [6.07, 6.45) is 4.88. The van der Waals surface area contributed by atoms with Crippen LogP contribution in [-0.4, -0.2) is 18.0 Å². The number of rotatable bonds is 4. The zero-order valence-corrected chi connectivity index (χ0v) is 11.3. The third kappa shape index (κ3) is 3.33. The summed E-state index contributed by atoms with van der Waals surface area (Å²) in [4.78, 5) is 11.9. The molecule has 0 bridgehead atoms. The van der Waals surface area contributed by atoms with E-state index in [4.69, 9.17) is 0 Å². The van der Waals surface area contributed by atoms with Crippen molar-refractivity contribution in [3.63, 3.8) is 0 Å². The number of carbonyl (C=O) groups excluding carboxylic acids is 1. The standard InChI is InChI=1S/C15H22N2O/c1-12-7-3-4-8-13(12)17-14(18)11-16-15(2)9-5-6-10-15/h3-4,7-8,16H,5-6,9-11H2,1-2H3,(H,17,18). The van der Waals surface area contributed by atoms with Gasteiger partial charge in [0.25, 0.3) is 0 Å². The number of hydrogen-bond acceptors (Lipinski definition) is 2. The Kier molecular flexibility index (Phi) is 4.02. The number of nitrogens with one attached hydrogen (secondary N) is 2. The number of aryl methyl sites for hydroxylation is 1. The van der Waals surface area contributed by atoms with E-state index in [1.807, 2.05) is 31.2 Å². The highest BCUT2D eigenvalue weighted by Crippen LogP contribution is 2.28. The van der Waals surface area contributed by atoms with Crippen LogP contribution in [0.3, 0.4) is 0 Å². The van der Waals surface area contributed by atoms with Crippen LogP contribution in [0.2, 0.25) is 0 Å². The average molecular weight is 246 g/mol. The van der Waals surface area contributed by atoms with Crippen LogP contribution in [0.15, 0.2) is 24.3 Å². The molecule has 2 rings (SSSR count). The van der Waals surface area contributed by atoms with E-state index < -0.39 is 0 Å². The molecule has 0 heterocycles. The maximum atomic E-state index is 11.9. The molecule has 1 aliphatic carbocycles. The first-order valence-corrected chi connectivity index (χ1v) is 6.70. The molecule has 2 N–H and O–H groups in total. The minimum Gasteiger partial charge on any atom is -0.325 e. The van der Waals surface area contributed by atoms with Gasteiger partial charge in [-0.05, 0) is 38.3 Å². The number of amides is 1. The number of hydrogen-bond donors (Lipinski definition) is 2. The molecule has 0 atom stereocenters. The summed E-state index contributed by atoms with van der Waals surface area (Å²) in [5.41, 5.74) is 2.15. The van der Waals surface area contributed by atoms with Gasteiger partial charge < -0.3 is 10.6 Å². The van der Waals surface area contributed by atoms with E-state index in [2.05, 4.69) is 17.6 Å². The zero-order chi connectivity index (χ0) is 13.0. The van der Waals surface area contributed by atoms with Gasteiger partial charge in [0.15, 0.2) is 0 Å². The highest BCUT2D eigenvalue weighted by molar-refractivity contribution is 5.92. The van der Waals surface area contributed by atoms with Gasteiger partial charge >= 0.3 is 0 Å². The molecule has 3 nitrogen and oxygen atoms in total. The van der Waals surface area contributed by atoms with Crippen LogP contribution in [0.5, 0.6) is 0 Å². The predicted molar refractivity (Wildman–Crippen MR) is 74.7 cm³/mol. The lowest BCUT2D eigenvalue weighted by Gasteiger charge is -2.25. The van der Waals surface area contributed by atoms with Crippen LogP contribution >= 0.6 is 0 Å². The molecule has 1 aromatic carbocycles. The Labute approximate surface area is 109 Å². The van der Waals surface area contributed by atoms with Crippen LogP contribution in [-0.2, 0) is 4.79 Å². The summed E-state index contributed by atoms with van der Waals surface area (Å²) < 4.78 is 0. The first-order valence-electron chi connectivity index (χ1n) is 6.70. The lowest BCUT2D eigenvalue weighted by atomic mass is 10.0. The van der Waals surface area contributed by atoms with Crippen LogP contribution in [0, 0.1) is 6.92 Å². The SMILES string of the molecule is Cc1ccccc1NC(=O)CNC1(C)CCCC1. The fourth-order valence-electron chi connectivity index (χ4n) is 2.53. The topological polar surface area (TPSA) is 41.1 Å². The third-order valence-electron chi connectivity index (χ3n) is 3.80. The quantitative estimate of drug-likeness (QED) is 0.857. The Morgan fingerprint density at radius 1 is 1.28 bits per heavy atom. The van der Waals surface area contributed by atoms with E-state index in [1.54, 1.807) is 0 Å². The van der Waals surface area contributed by atoms with E-state index in [0.717, 1.165) is 11.3 Å². The normalized spacial score (nSPS) is 17.7. The van der Waals surface area contributed by atoms with Crippen LogP contribution in [0.1, 0.15) is 38.2 Å². The first kappa shape index (κ1) is 13.1. The maximum Gasteiger partial charge on any atom is 0.238 e. The molecule has 1 amide bonds. The van der Waals surface area contributed by atoms with E-state index in [9.17, 15) is 4.79 Å². The molecule has 0 saturated heterocycles. The van der Waals surface area contributed by atoms with Gasteiger partial charge in [-0.2, -0.15) is 0 Å². The molecule has 0 spiro atoms. The lowest BCUT2D eigenvalue weighted by Crippen LogP contribution is -2.43. The predicted octanol–water partition coefficient (Wildman–Crippen LogP) is 2.86. The van der Waals surface area contributed by atoms with Gasteiger partial charge in [0, 0.05) is 11.2 Å². The Balaban J connectivity index is 1.84. The summed E-state index contributed by atoms with van der Waals surface area (Å²) >= 11 is 0. The average Bonchev–Trinajstić information content (AvgIpc) is 2.77. The van der Waals surface area contributed by atoms with Crippen molar-refractivity contribution < 1.29 is 4.79 Å². The second-order valence-corrected chi connectivity index (χ2v) is 5.48. The number of benzene rings is 1. The fourth-order valence-corrected chi connectivity index (χ4v) is 2.53. The maximum absolute atomic E-state index is 11.9. The molecular formula is C15H22N2O. The first-order chi connectivity index (χ1) is 8.59. The second kappa shape index (κ2) is 5.53. The molecule has 18 heavy (non-hydrogen) atoms. The highest BCUT2D eigenvalue weighted by atomic mass is 16.1. The van der Waals surface area contributed by atoms with E-state index in [1.165, 1.54) is 25.7 Å². The van der Waals surface area contributed by atoms with Crippen molar-refractivity contribution in [2.45, 2.75) is 45.1 Å². The molecule has 1 fully saturated rings. The molecule has 98 valence electrons. The van der Waals surface area contributed by atoms with Crippen molar-refractivity contribution in [3.05, 3.63) is 29.8 Å². The summed E-state index contributed by atoms with van der Waals surface area (Å²) in [7, 11) is 0. The zero-order valence-electron chi connectivity index (χ0n) is 11.3. The Bertz CT molecular complexity index is 422. The minimum atomic E-state index is 0.0393. The van der Waals surface area contributed by atoms with Gasteiger partial charge in [-0.25, -0.2) is 0 Å². The Hall–Kier alpha value is -1.35. The number of carbonyl (C=O) groups is 1. The molecule has 3 heteroatoms. The number of anilines is 1. The molecule has 0 radical (unpaired) electrons. The summed E-state index contributed by atoms with van der Waals surface area (Å²) in [5.74, 6) is 0.0393. The van der Waals surface area contributed by atoms with Gasteiger partial charge in [-0.15, -0.1) is 0 Å². The molecule has 1 saturated carbocycles. The molecule has 0 unspecified atom stereocenters. The molecule has 1 aromatic rings. The van der Waals surface area contributed by atoms with Gasteiger partial charge in [-0.3, -0.25) is 4.79 Å².